The molecule has 0 radical (unpaired) electrons. The van der Waals surface area contributed by atoms with E-state index < -0.39 is 29.6 Å². The van der Waals surface area contributed by atoms with Gasteiger partial charge in [0.15, 0.2) is 0 Å². The van der Waals surface area contributed by atoms with Crippen molar-refractivity contribution >= 4 is 46.0 Å². The number of halogens is 4. The van der Waals surface area contributed by atoms with Crippen LogP contribution in [0.4, 0.5) is 8.78 Å². The summed E-state index contributed by atoms with van der Waals surface area (Å²) >= 11 is 12.1. The van der Waals surface area contributed by atoms with Crippen LogP contribution in [0.15, 0.2) is 66.7 Å². The van der Waals surface area contributed by atoms with E-state index >= 15 is 0 Å². The van der Waals surface area contributed by atoms with E-state index in [1.807, 2.05) is 0 Å². The van der Waals surface area contributed by atoms with Crippen molar-refractivity contribution in [3.63, 3.8) is 0 Å². The first kappa shape index (κ1) is 23.6. The SMILES string of the molecule is O=C(NC(Cc1ccc2nc(-c3c(F)cccc3F)ccc2c1)C(=O)O)c1c(Cl)cccc1Cl. The third-order valence-corrected chi connectivity index (χ3v) is 5.84. The molecule has 0 bridgehead atoms. The van der Waals surface area contributed by atoms with E-state index in [1.165, 1.54) is 24.3 Å². The number of carboxylic acids is 1. The van der Waals surface area contributed by atoms with Crippen LogP contribution >= 0.6 is 23.2 Å². The lowest BCUT2D eigenvalue weighted by Gasteiger charge is -2.16. The quantitative estimate of drug-likeness (QED) is 0.344. The molecule has 0 aliphatic heterocycles. The van der Waals surface area contributed by atoms with Crippen molar-refractivity contribution in [3.8, 4) is 11.3 Å². The van der Waals surface area contributed by atoms with Gasteiger partial charge in [-0.05, 0) is 48.0 Å². The molecule has 5 nitrogen and oxygen atoms in total. The van der Waals surface area contributed by atoms with Crippen molar-refractivity contribution in [2.45, 2.75) is 12.5 Å². The number of nitrogens with zero attached hydrogens (tertiary/aromatic N) is 1. The summed E-state index contributed by atoms with van der Waals surface area (Å²) in [5.74, 6) is -3.38. The van der Waals surface area contributed by atoms with Gasteiger partial charge in [0.2, 0.25) is 0 Å². The summed E-state index contributed by atoms with van der Waals surface area (Å²) in [6, 6.07) is 15.0. The summed E-state index contributed by atoms with van der Waals surface area (Å²) in [6.45, 7) is 0. The maximum Gasteiger partial charge on any atom is 0.326 e. The lowest BCUT2D eigenvalue weighted by molar-refractivity contribution is -0.139. The molecule has 4 rings (SSSR count). The van der Waals surface area contributed by atoms with Gasteiger partial charge in [-0.25, -0.2) is 18.6 Å². The Balaban J connectivity index is 1.59. The maximum absolute atomic E-state index is 14.1. The molecule has 1 heterocycles. The topological polar surface area (TPSA) is 79.3 Å². The van der Waals surface area contributed by atoms with Gasteiger partial charge >= 0.3 is 5.97 Å². The number of aromatic nitrogens is 1. The molecular formula is C25H16Cl2F2N2O3. The van der Waals surface area contributed by atoms with E-state index in [2.05, 4.69) is 10.3 Å². The van der Waals surface area contributed by atoms with E-state index in [-0.39, 0.29) is 33.3 Å². The molecule has 0 saturated carbocycles. The highest BCUT2D eigenvalue weighted by molar-refractivity contribution is 6.39. The number of carboxylic acid groups (broad SMARTS) is 1. The molecule has 34 heavy (non-hydrogen) atoms. The third-order valence-electron chi connectivity index (χ3n) is 5.21. The molecule has 1 amide bonds. The second-order valence-electron chi connectivity index (χ2n) is 7.49. The summed E-state index contributed by atoms with van der Waals surface area (Å²) in [5.41, 5.74) is 0.996. The van der Waals surface area contributed by atoms with Crippen molar-refractivity contribution in [3.05, 3.63) is 99.5 Å². The Morgan fingerprint density at radius 1 is 0.941 bits per heavy atom. The van der Waals surface area contributed by atoms with Crippen LogP contribution < -0.4 is 5.32 Å². The van der Waals surface area contributed by atoms with Gasteiger partial charge in [-0.1, -0.05) is 47.5 Å². The predicted molar refractivity (Wildman–Crippen MR) is 126 cm³/mol. The fraction of sp³-hybridized carbons (Fsp3) is 0.0800. The number of hydrogen-bond donors (Lipinski definition) is 2. The molecule has 4 aromatic rings. The second kappa shape index (κ2) is 9.75. The smallest absolute Gasteiger partial charge is 0.326 e. The molecule has 9 heteroatoms. The molecule has 2 N–H and O–H groups in total. The van der Waals surface area contributed by atoms with Crippen molar-refractivity contribution in [2.75, 3.05) is 0 Å². The average Bonchev–Trinajstić information content (AvgIpc) is 2.78. The van der Waals surface area contributed by atoms with Crippen molar-refractivity contribution in [1.29, 1.82) is 0 Å². The van der Waals surface area contributed by atoms with Crippen LogP contribution in [0.25, 0.3) is 22.2 Å². The number of nitrogens with one attached hydrogen (secondary N) is 1. The van der Waals surface area contributed by atoms with Gasteiger partial charge in [-0.15, -0.1) is 0 Å². The number of amides is 1. The van der Waals surface area contributed by atoms with Crippen LogP contribution in [0.3, 0.4) is 0 Å². The molecule has 0 fully saturated rings. The van der Waals surface area contributed by atoms with Crippen LogP contribution in [0.2, 0.25) is 10.0 Å². The van der Waals surface area contributed by atoms with Gasteiger partial charge in [0.05, 0.1) is 32.4 Å². The Hall–Kier alpha value is -3.55. The Bertz CT molecular complexity index is 1390. The maximum atomic E-state index is 14.1. The highest BCUT2D eigenvalue weighted by atomic mass is 35.5. The van der Waals surface area contributed by atoms with Crippen LogP contribution in [-0.2, 0) is 11.2 Å². The summed E-state index contributed by atoms with van der Waals surface area (Å²) < 4.78 is 28.2. The first-order valence-corrected chi connectivity index (χ1v) is 10.8. The Morgan fingerprint density at radius 3 is 2.24 bits per heavy atom. The zero-order valence-electron chi connectivity index (χ0n) is 17.4. The van der Waals surface area contributed by atoms with Crippen molar-refractivity contribution in [2.24, 2.45) is 0 Å². The van der Waals surface area contributed by atoms with Crippen molar-refractivity contribution in [1.82, 2.24) is 10.3 Å². The molecule has 0 spiro atoms. The van der Waals surface area contributed by atoms with E-state index in [9.17, 15) is 23.5 Å². The molecule has 1 aromatic heterocycles. The molecule has 3 aromatic carbocycles. The van der Waals surface area contributed by atoms with Gasteiger partial charge in [-0.3, -0.25) is 4.79 Å². The lowest BCUT2D eigenvalue weighted by Crippen LogP contribution is -2.42. The summed E-state index contributed by atoms with van der Waals surface area (Å²) in [6.07, 6.45) is -0.0250. The number of carbonyl (C=O) groups excluding carboxylic acids is 1. The normalized spacial score (nSPS) is 11.9. The summed E-state index contributed by atoms with van der Waals surface area (Å²) in [4.78, 5) is 28.8. The summed E-state index contributed by atoms with van der Waals surface area (Å²) in [5, 5.41) is 12.9. The lowest BCUT2D eigenvalue weighted by atomic mass is 10.0. The van der Waals surface area contributed by atoms with Crippen molar-refractivity contribution < 1.29 is 23.5 Å². The zero-order valence-corrected chi connectivity index (χ0v) is 18.9. The highest BCUT2D eigenvalue weighted by Crippen LogP contribution is 2.27. The van der Waals surface area contributed by atoms with E-state index in [0.717, 1.165) is 12.1 Å². The zero-order chi connectivity index (χ0) is 24.4. The fourth-order valence-corrected chi connectivity index (χ4v) is 4.13. The van der Waals surface area contributed by atoms with E-state index in [0.29, 0.717) is 16.5 Å². The number of hydrogen-bond acceptors (Lipinski definition) is 3. The number of pyridine rings is 1. The minimum absolute atomic E-state index is 0.00676. The molecule has 1 atom stereocenters. The largest absolute Gasteiger partial charge is 0.480 e. The first-order chi connectivity index (χ1) is 16.2. The molecule has 1 unspecified atom stereocenters. The number of rotatable bonds is 6. The van der Waals surface area contributed by atoms with Crippen LogP contribution in [0, 0.1) is 11.6 Å². The predicted octanol–water partition coefficient (Wildman–Crippen LogP) is 5.91. The number of benzene rings is 3. The monoisotopic (exact) mass is 500 g/mol. The Kier molecular flexibility index (Phi) is 6.77. The van der Waals surface area contributed by atoms with Gasteiger partial charge < -0.3 is 10.4 Å². The molecule has 0 saturated heterocycles. The van der Waals surface area contributed by atoms with Gasteiger partial charge in [0, 0.05) is 11.8 Å². The standard InChI is InChI=1S/C25H16Cl2F2N2O3/c26-15-3-1-4-16(27)22(15)24(32)31-21(25(33)34)12-13-7-9-19-14(11-13)8-10-20(30-19)23-17(28)5-2-6-18(23)29/h1-11,21H,12H2,(H,31,32)(H,33,34). The average molecular weight is 501 g/mol. The first-order valence-electron chi connectivity index (χ1n) is 10.1. The number of aliphatic carboxylic acids is 1. The van der Waals surface area contributed by atoms with E-state index in [4.69, 9.17) is 23.2 Å². The minimum Gasteiger partial charge on any atom is -0.480 e. The fourth-order valence-electron chi connectivity index (χ4n) is 3.56. The van der Waals surface area contributed by atoms with E-state index in [1.54, 1.807) is 30.3 Å². The van der Waals surface area contributed by atoms with Gasteiger partial charge in [-0.2, -0.15) is 0 Å². The Morgan fingerprint density at radius 2 is 1.59 bits per heavy atom. The van der Waals surface area contributed by atoms with Gasteiger partial charge in [0.25, 0.3) is 5.91 Å². The van der Waals surface area contributed by atoms with Crippen LogP contribution in [0.1, 0.15) is 15.9 Å². The molecule has 0 aliphatic carbocycles. The second-order valence-corrected chi connectivity index (χ2v) is 8.30. The third kappa shape index (κ3) is 4.85. The highest BCUT2D eigenvalue weighted by Gasteiger charge is 2.24. The van der Waals surface area contributed by atoms with Crippen LogP contribution in [-0.4, -0.2) is 28.0 Å². The minimum atomic E-state index is -1.25. The van der Waals surface area contributed by atoms with Crippen LogP contribution in [0.5, 0.6) is 0 Å². The number of carbonyl (C=O) groups is 2. The molecular weight excluding hydrogens is 485 g/mol. The van der Waals surface area contributed by atoms with Gasteiger partial charge in [0.1, 0.15) is 17.7 Å². The Labute approximate surface area is 203 Å². The number of fused-ring (bicyclic) bond motifs is 1. The summed E-state index contributed by atoms with van der Waals surface area (Å²) in [7, 11) is 0. The molecule has 172 valence electrons. The molecule has 0 aliphatic rings.